The number of fused-ring (bicyclic) bond motifs is 3. The summed E-state index contributed by atoms with van der Waals surface area (Å²) in [5, 5.41) is 0. The maximum absolute atomic E-state index is 13.0. The smallest absolute Gasteiger partial charge is 0.414 e. The third kappa shape index (κ3) is 3.69. The van der Waals surface area contributed by atoms with Gasteiger partial charge in [-0.2, -0.15) is 0 Å². The van der Waals surface area contributed by atoms with Crippen molar-refractivity contribution in [2.45, 2.75) is 25.5 Å². The van der Waals surface area contributed by atoms with E-state index in [0.29, 0.717) is 12.5 Å². The highest BCUT2D eigenvalue weighted by atomic mass is 16.6. The Kier molecular flexibility index (Phi) is 4.70. The van der Waals surface area contributed by atoms with Crippen molar-refractivity contribution in [2.75, 3.05) is 24.5 Å². The number of carbonyl (C=O) groups excluding carboxylic acids is 1. The molecule has 3 aliphatic heterocycles. The van der Waals surface area contributed by atoms with Gasteiger partial charge in [0.25, 0.3) is 0 Å². The van der Waals surface area contributed by atoms with E-state index in [4.69, 9.17) is 4.74 Å². The van der Waals surface area contributed by atoms with E-state index in [9.17, 15) is 4.79 Å². The Morgan fingerprint density at radius 1 is 1.00 bits per heavy atom. The van der Waals surface area contributed by atoms with Crippen molar-refractivity contribution in [1.82, 2.24) is 4.90 Å². The lowest BCUT2D eigenvalue weighted by molar-refractivity contribution is -0.0311. The zero-order valence-corrected chi connectivity index (χ0v) is 14.4. The van der Waals surface area contributed by atoms with Gasteiger partial charge in [-0.05, 0) is 49.5 Å². The molecule has 0 radical (unpaired) electrons. The van der Waals surface area contributed by atoms with Crippen LogP contribution >= 0.6 is 0 Å². The zero-order valence-electron chi connectivity index (χ0n) is 14.4. The van der Waals surface area contributed by atoms with Gasteiger partial charge in [0.15, 0.2) is 0 Å². The molecule has 130 valence electrons. The standard InChI is InChI=1S/C21H24N2O2/c24-21(25-20-16-22-13-11-18(20)12-14-22)23(19-9-5-2-6-10-19)15-17-7-3-1-4-8-17/h1-10,18,20H,11-16H2/t20-/m1/s1. The number of carbonyl (C=O) groups is 1. The first-order valence-corrected chi connectivity index (χ1v) is 9.09. The van der Waals surface area contributed by atoms with Gasteiger partial charge >= 0.3 is 6.09 Å². The van der Waals surface area contributed by atoms with E-state index in [1.165, 1.54) is 0 Å². The predicted molar refractivity (Wildman–Crippen MR) is 98.5 cm³/mol. The molecule has 1 atom stereocenters. The fraction of sp³-hybridized carbons (Fsp3) is 0.381. The fourth-order valence-corrected chi connectivity index (χ4v) is 3.87. The molecule has 3 aliphatic rings. The molecule has 5 rings (SSSR count). The van der Waals surface area contributed by atoms with E-state index < -0.39 is 0 Å². The van der Waals surface area contributed by atoms with Gasteiger partial charge in [0.05, 0.1) is 6.54 Å². The second-order valence-electron chi connectivity index (χ2n) is 6.97. The number of amides is 1. The Bertz CT molecular complexity index is 696. The van der Waals surface area contributed by atoms with Crippen LogP contribution in [0.3, 0.4) is 0 Å². The van der Waals surface area contributed by atoms with Crippen molar-refractivity contribution < 1.29 is 9.53 Å². The molecule has 0 aromatic heterocycles. The number of hydrogen-bond acceptors (Lipinski definition) is 3. The summed E-state index contributed by atoms with van der Waals surface area (Å²) < 4.78 is 5.96. The first kappa shape index (κ1) is 16.2. The molecule has 0 N–H and O–H groups in total. The van der Waals surface area contributed by atoms with E-state index in [1.54, 1.807) is 4.90 Å². The van der Waals surface area contributed by atoms with Crippen molar-refractivity contribution >= 4 is 11.8 Å². The van der Waals surface area contributed by atoms with Crippen molar-refractivity contribution in [2.24, 2.45) is 5.92 Å². The Morgan fingerprint density at radius 3 is 2.24 bits per heavy atom. The van der Waals surface area contributed by atoms with Gasteiger partial charge in [0.2, 0.25) is 0 Å². The molecule has 1 amide bonds. The molecular formula is C21H24N2O2. The number of piperidine rings is 3. The second-order valence-corrected chi connectivity index (χ2v) is 6.97. The number of ether oxygens (including phenoxy) is 1. The van der Waals surface area contributed by atoms with Crippen LogP contribution in [0.2, 0.25) is 0 Å². The van der Waals surface area contributed by atoms with E-state index in [-0.39, 0.29) is 12.2 Å². The summed E-state index contributed by atoms with van der Waals surface area (Å²) in [5.41, 5.74) is 1.97. The van der Waals surface area contributed by atoms with E-state index in [1.807, 2.05) is 60.7 Å². The van der Waals surface area contributed by atoms with Crippen LogP contribution < -0.4 is 4.90 Å². The minimum Gasteiger partial charge on any atom is -0.444 e. The molecule has 4 nitrogen and oxygen atoms in total. The summed E-state index contributed by atoms with van der Waals surface area (Å²) in [4.78, 5) is 17.1. The second kappa shape index (κ2) is 7.28. The first-order chi connectivity index (χ1) is 12.3. The van der Waals surface area contributed by atoms with E-state index >= 15 is 0 Å². The molecule has 2 bridgehead atoms. The Labute approximate surface area is 149 Å². The topological polar surface area (TPSA) is 32.8 Å². The van der Waals surface area contributed by atoms with Crippen LogP contribution in [0.5, 0.6) is 0 Å². The van der Waals surface area contributed by atoms with Gasteiger partial charge < -0.3 is 4.74 Å². The van der Waals surface area contributed by atoms with Gasteiger partial charge in [-0.15, -0.1) is 0 Å². The molecule has 3 fully saturated rings. The van der Waals surface area contributed by atoms with Crippen molar-refractivity contribution in [1.29, 1.82) is 0 Å². The number of anilines is 1. The van der Waals surface area contributed by atoms with Crippen molar-refractivity contribution in [3.63, 3.8) is 0 Å². The minimum atomic E-state index is -0.242. The molecule has 0 spiro atoms. The minimum absolute atomic E-state index is 0.0250. The van der Waals surface area contributed by atoms with Crippen LogP contribution in [0.25, 0.3) is 0 Å². The number of nitrogens with zero attached hydrogens (tertiary/aromatic N) is 2. The van der Waals surface area contributed by atoms with Gasteiger partial charge in [0.1, 0.15) is 6.10 Å². The lowest BCUT2D eigenvalue weighted by Gasteiger charge is -2.44. The quantitative estimate of drug-likeness (QED) is 0.848. The SMILES string of the molecule is O=C(O[C@@H]1CN2CCC1CC2)N(Cc1ccccc1)c1ccccc1. The third-order valence-electron chi connectivity index (χ3n) is 5.32. The van der Waals surface area contributed by atoms with Gasteiger partial charge in [0, 0.05) is 12.2 Å². The number of rotatable bonds is 4. The maximum atomic E-state index is 13.0. The number of para-hydroxylation sites is 1. The van der Waals surface area contributed by atoms with Crippen molar-refractivity contribution in [3.8, 4) is 0 Å². The zero-order chi connectivity index (χ0) is 17.1. The van der Waals surface area contributed by atoms with Crippen LogP contribution in [0, 0.1) is 5.92 Å². The fourth-order valence-electron chi connectivity index (χ4n) is 3.87. The van der Waals surface area contributed by atoms with Crippen LogP contribution in [-0.2, 0) is 11.3 Å². The van der Waals surface area contributed by atoms with Crippen LogP contribution in [-0.4, -0.2) is 36.7 Å². The molecule has 2 aromatic rings. The molecule has 0 saturated carbocycles. The number of benzene rings is 2. The summed E-state index contributed by atoms with van der Waals surface area (Å²) in [7, 11) is 0. The normalized spacial score (nSPS) is 24.7. The summed E-state index contributed by atoms with van der Waals surface area (Å²) in [6, 6.07) is 19.8. The van der Waals surface area contributed by atoms with Crippen LogP contribution in [0.15, 0.2) is 60.7 Å². The Balaban J connectivity index is 1.52. The largest absolute Gasteiger partial charge is 0.444 e. The Hall–Kier alpha value is -2.33. The third-order valence-corrected chi connectivity index (χ3v) is 5.32. The highest BCUT2D eigenvalue weighted by Crippen LogP contribution is 2.30. The molecule has 0 aliphatic carbocycles. The Morgan fingerprint density at radius 2 is 1.64 bits per heavy atom. The monoisotopic (exact) mass is 336 g/mol. The molecule has 2 aromatic carbocycles. The summed E-state index contributed by atoms with van der Waals surface area (Å²) >= 11 is 0. The highest BCUT2D eigenvalue weighted by Gasteiger charge is 2.37. The average molecular weight is 336 g/mol. The average Bonchev–Trinajstić information content (AvgIpc) is 2.68. The molecular weight excluding hydrogens is 312 g/mol. The molecule has 4 heteroatoms. The van der Waals surface area contributed by atoms with Crippen LogP contribution in [0.1, 0.15) is 18.4 Å². The summed E-state index contributed by atoms with van der Waals surface area (Å²) in [6.45, 7) is 3.69. The van der Waals surface area contributed by atoms with E-state index in [2.05, 4.69) is 4.90 Å². The lowest BCUT2D eigenvalue weighted by Crippen LogP contribution is -2.53. The van der Waals surface area contributed by atoms with Crippen molar-refractivity contribution in [3.05, 3.63) is 66.2 Å². The summed E-state index contributed by atoms with van der Waals surface area (Å²) in [5.74, 6) is 0.517. The van der Waals surface area contributed by atoms with Gasteiger partial charge in [-0.3, -0.25) is 9.80 Å². The summed E-state index contributed by atoms with van der Waals surface area (Å²) in [6.07, 6.45) is 2.06. The maximum Gasteiger partial charge on any atom is 0.414 e. The van der Waals surface area contributed by atoms with Gasteiger partial charge in [-0.25, -0.2) is 4.79 Å². The molecule has 0 unspecified atom stereocenters. The highest BCUT2D eigenvalue weighted by molar-refractivity contribution is 5.87. The molecule has 25 heavy (non-hydrogen) atoms. The van der Waals surface area contributed by atoms with Gasteiger partial charge in [-0.1, -0.05) is 48.5 Å². The lowest BCUT2D eigenvalue weighted by atomic mass is 9.86. The first-order valence-electron chi connectivity index (χ1n) is 9.09. The van der Waals surface area contributed by atoms with Crippen LogP contribution in [0.4, 0.5) is 10.5 Å². The van der Waals surface area contributed by atoms with E-state index in [0.717, 1.165) is 43.7 Å². The predicted octanol–water partition coefficient (Wildman–Crippen LogP) is 3.92. The molecule has 3 saturated heterocycles. The molecule has 3 heterocycles. The number of hydrogen-bond donors (Lipinski definition) is 0.